The van der Waals surface area contributed by atoms with E-state index in [1.165, 1.54) is 0 Å². The van der Waals surface area contributed by atoms with Crippen LogP contribution in [-0.4, -0.2) is 35.3 Å². The Morgan fingerprint density at radius 1 is 0.556 bits per heavy atom. The second kappa shape index (κ2) is 12.5. The highest BCUT2D eigenvalue weighted by Gasteiger charge is 1.98. The lowest BCUT2D eigenvalue weighted by molar-refractivity contribution is 0.0464. The van der Waals surface area contributed by atoms with Gasteiger partial charge in [-0.15, -0.1) is 0 Å². The minimum atomic E-state index is -1.05. The van der Waals surface area contributed by atoms with Gasteiger partial charge in [0, 0.05) is 46.4 Å². The van der Waals surface area contributed by atoms with E-state index in [-0.39, 0.29) is 0 Å². The molecule has 0 aromatic carbocycles. The van der Waals surface area contributed by atoms with Gasteiger partial charge in [-0.25, -0.2) is 19.2 Å². The predicted octanol–water partition coefficient (Wildman–Crippen LogP) is 3.39. The van der Waals surface area contributed by atoms with Crippen molar-refractivity contribution in [3.8, 4) is 0 Å². The van der Waals surface area contributed by atoms with Crippen molar-refractivity contribution < 1.29 is 38.1 Å². The normalized spacial score (nSPS) is 8.22. The Hall–Kier alpha value is -0.960. The van der Waals surface area contributed by atoms with Crippen molar-refractivity contribution in [2.75, 3.05) is 13.6 Å². The van der Waals surface area contributed by atoms with E-state index in [4.69, 9.17) is 0 Å². The highest BCUT2D eigenvalue weighted by Crippen LogP contribution is 1.91. The standard InChI is InChI=1S/2C3H2Cl2O4/c2*4-2(6)8-1-9-3(5)7/h2*1H2. The summed E-state index contributed by atoms with van der Waals surface area (Å²) in [5, 5.41) is 0. The third-order valence-corrected chi connectivity index (χ3v) is 1.13. The molecule has 0 aliphatic carbocycles. The summed E-state index contributed by atoms with van der Waals surface area (Å²) in [6.07, 6.45) is 0. The van der Waals surface area contributed by atoms with Gasteiger partial charge in [0.15, 0.2) is 0 Å². The SMILES string of the molecule is O=C(Cl)OCOC(=O)Cl.O=C(Cl)OCOC(=O)Cl. The van der Waals surface area contributed by atoms with Crippen LogP contribution in [0.1, 0.15) is 0 Å². The van der Waals surface area contributed by atoms with Gasteiger partial charge in [-0.1, -0.05) is 0 Å². The number of ether oxygens (including phenoxy) is 4. The third kappa shape index (κ3) is 24.3. The molecule has 0 aliphatic rings. The molecule has 0 unspecified atom stereocenters. The van der Waals surface area contributed by atoms with Crippen LogP contribution in [0.15, 0.2) is 0 Å². The van der Waals surface area contributed by atoms with Gasteiger partial charge < -0.3 is 18.9 Å². The Labute approximate surface area is 120 Å². The van der Waals surface area contributed by atoms with Gasteiger partial charge in [0.2, 0.25) is 13.6 Å². The van der Waals surface area contributed by atoms with Crippen molar-refractivity contribution in [3.05, 3.63) is 0 Å². The number of rotatable bonds is 4. The van der Waals surface area contributed by atoms with E-state index in [0.29, 0.717) is 0 Å². The quantitative estimate of drug-likeness (QED) is 0.563. The van der Waals surface area contributed by atoms with E-state index in [1.54, 1.807) is 0 Å². The van der Waals surface area contributed by atoms with Gasteiger partial charge in [0.05, 0.1) is 0 Å². The van der Waals surface area contributed by atoms with Crippen molar-refractivity contribution in [1.82, 2.24) is 0 Å². The molecule has 104 valence electrons. The summed E-state index contributed by atoms with van der Waals surface area (Å²) in [4.78, 5) is 38.9. The fraction of sp³-hybridized carbons (Fsp3) is 0.333. The minimum absolute atomic E-state index is 0.551. The first-order chi connectivity index (χ1) is 8.25. The largest absolute Gasteiger partial charge is 0.416 e. The Kier molecular flexibility index (Phi) is 13.5. The van der Waals surface area contributed by atoms with Crippen molar-refractivity contribution >= 4 is 68.1 Å². The van der Waals surface area contributed by atoms with Crippen LogP contribution in [0, 0.1) is 0 Å². The molecule has 0 heterocycles. The molecule has 8 nitrogen and oxygen atoms in total. The van der Waals surface area contributed by atoms with Crippen molar-refractivity contribution in [3.63, 3.8) is 0 Å². The van der Waals surface area contributed by atoms with Crippen LogP contribution in [0.4, 0.5) is 19.2 Å². The molecule has 0 saturated carbocycles. The second-order valence-corrected chi connectivity index (χ2v) is 3.00. The smallest absolute Gasteiger partial charge is 0.406 e. The zero-order valence-electron chi connectivity index (χ0n) is 8.19. The minimum Gasteiger partial charge on any atom is -0.416 e. The number of hydrogen-bond acceptors (Lipinski definition) is 8. The molecule has 0 bridgehead atoms. The molecule has 0 aromatic rings. The molecule has 0 fully saturated rings. The summed E-state index contributed by atoms with van der Waals surface area (Å²) < 4.78 is 15.8. The van der Waals surface area contributed by atoms with Crippen LogP contribution < -0.4 is 0 Å². The topological polar surface area (TPSA) is 105 Å². The Morgan fingerprint density at radius 3 is 0.833 bits per heavy atom. The summed E-state index contributed by atoms with van der Waals surface area (Å²) in [6.45, 7) is -1.10. The molecule has 0 rings (SSSR count). The Morgan fingerprint density at radius 2 is 0.722 bits per heavy atom. The van der Waals surface area contributed by atoms with Crippen LogP contribution in [-0.2, 0) is 18.9 Å². The molecule has 0 aromatic heterocycles. The highest BCUT2D eigenvalue weighted by molar-refractivity contribution is 6.62. The van der Waals surface area contributed by atoms with E-state index < -0.39 is 35.3 Å². The number of carbonyl (C=O) groups excluding carboxylic acids is 4. The number of halogens is 4. The molecular formula is C6H4Cl4O8. The van der Waals surface area contributed by atoms with Crippen LogP contribution in [0.2, 0.25) is 0 Å². The number of hydrogen-bond donors (Lipinski definition) is 0. The average Bonchev–Trinajstić information content (AvgIpc) is 2.15. The van der Waals surface area contributed by atoms with Crippen LogP contribution >= 0.6 is 46.4 Å². The molecule has 0 radical (unpaired) electrons. The molecule has 0 spiro atoms. The monoisotopic (exact) mass is 344 g/mol. The van der Waals surface area contributed by atoms with E-state index >= 15 is 0 Å². The second-order valence-electron chi connectivity index (χ2n) is 1.76. The summed E-state index contributed by atoms with van der Waals surface area (Å²) in [7, 11) is 0. The Bertz CT molecular complexity index is 248. The molecule has 0 aliphatic heterocycles. The lowest BCUT2D eigenvalue weighted by Gasteiger charge is -1.96. The van der Waals surface area contributed by atoms with Gasteiger partial charge in [-0.05, 0) is 0 Å². The van der Waals surface area contributed by atoms with Crippen LogP contribution in [0.25, 0.3) is 0 Å². The van der Waals surface area contributed by atoms with Gasteiger partial charge in [-0.2, -0.15) is 0 Å². The molecule has 18 heavy (non-hydrogen) atoms. The van der Waals surface area contributed by atoms with E-state index in [1.807, 2.05) is 0 Å². The zero-order valence-corrected chi connectivity index (χ0v) is 11.2. The van der Waals surface area contributed by atoms with Gasteiger partial charge in [0.25, 0.3) is 0 Å². The van der Waals surface area contributed by atoms with Gasteiger partial charge >= 0.3 is 21.7 Å². The fourth-order valence-corrected chi connectivity index (χ4v) is 0.422. The van der Waals surface area contributed by atoms with Crippen LogP contribution in [0.5, 0.6) is 0 Å². The first-order valence-electron chi connectivity index (χ1n) is 3.54. The molecular weight excluding hydrogens is 342 g/mol. The summed E-state index contributed by atoms with van der Waals surface area (Å²) in [6, 6.07) is 0. The van der Waals surface area contributed by atoms with Gasteiger partial charge in [0.1, 0.15) is 0 Å². The van der Waals surface area contributed by atoms with Gasteiger partial charge in [-0.3, -0.25) is 0 Å². The lowest BCUT2D eigenvalue weighted by atomic mass is 11.3. The molecule has 0 N–H and O–H groups in total. The Balaban J connectivity index is 0. The lowest BCUT2D eigenvalue weighted by Crippen LogP contribution is -2.02. The summed E-state index contributed by atoms with van der Waals surface area (Å²) in [5.41, 5.74) is -4.19. The maximum absolute atomic E-state index is 9.73. The zero-order chi connectivity index (χ0) is 14.6. The maximum atomic E-state index is 9.73. The number of carbonyl (C=O) groups is 4. The molecule has 12 heteroatoms. The van der Waals surface area contributed by atoms with Crippen molar-refractivity contribution in [1.29, 1.82) is 0 Å². The maximum Gasteiger partial charge on any atom is 0.406 e. The predicted molar refractivity (Wildman–Crippen MR) is 59.1 cm³/mol. The van der Waals surface area contributed by atoms with E-state index in [0.717, 1.165) is 0 Å². The van der Waals surface area contributed by atoms with E-state index in [2.05, 4.69) is 65.4 Å². The van der Waals surface area contributed by atoms with Crippen molar-refractivity contribution in [2.45, 2.75) is 0 Å². The van der Waals surface area contributed by atoms with Crippen molar-refractivity contribution in [2.24, 2.45) is 0 Å². The van der Waals surface area contributed by atoms with Crippen LogP contribution in [0.3, 0.4) is 0 Å². The first-order valence-corrected chi connectivity index (χ1v) is 5.06. The first kappa shape index (κ1) is 19.4. The fourth-order valence-electron chi connectivity index (χ4n) is 0.244. The highest BCUT2D eigenvalue weighted by atomic mass is 35.5. The molecule has 0 amide bonds. The molecule has 0 saturated heterocycles. The summed E-state index contributed by atoms with van der Waals surface area (Å²) in [5.74, 6) is 0. The van der Waals surface area contributed by atoms with E-state index in [9.17, 15) is 19.2 Å². The third-order valence-electron chi connectivity index (χ3n) is 0.690. The molecule has 0 atom stereocenters. The average molecular weight is 346 g/mol. The summed E-state index contributed by atoms with van der Waals surface area (Å²) >= 11 is 18.7.